The van der Waals surface area contributed by atoms with Gasteiger partial charge in [0.15, 0.2) is 5.82 Å². The van der Waals surface area contributed by atoms with E-state index in [1.807, 2.05) is 6.07 Å². The normalized spacial score (nSPS) is 17.6. The molecular weight excluding hydrogens is 331 g/mol. The molecule has 1 fully saturated rings. The second kappa shape index (κ2) is 7.78. The number of hydrogen-bond donors (Lipinski definition) is 1. The van der Waals surface area contributed by atoms with Crippen LogP contribution in [0.15, 0.2) is 41.7 Å². The maximum Gasteiger partial charge on any atom is 0.225 e. The number of aromatic nitrogens is 2. The van der Waals surface area contributed by atoms with Crippen molar-refractivity contribution in [3.05, 3.63) is 53.1 Å². The predicted molar refractivity (Wildman–Crippen MR) is 98.8 cm³/mol. The van der Waals surface area contributed by atoms with Crippen LogP contribution in [0.3, 0.4) is 0 Å². The van der Waals surface area contributed by atoms with Gasteiger partial charge in [0, 0.05) is 63.1 Å². The van der Waals surface area contributed by atoms with Crippen molar-refractivity contribution in [3.8, 4) is 0 Å². The topological polar surface area (TPSA) is 56.7 Å². The Hall–Kier alpha value is -2.54. The van der Waals surface area contributed by atoms with Crippen molar-refractivity contribution in [2.45, 2.75) is 6.42 Å². The molecule has 0 amide bonds. The zero-order valence-corrected chi connectivity index (χ0v) is 14.7. The Morgan fingerprint density at radius 3 is 2.62 bits per heavy atom. The highest BCUT2D eigenvalue weighted by atomic mass is 19.1. The number of halogens is 1. The van der Waals surface area contributed by atoms with E-state index in [1.54, 1.807) is 0 Å². The average molecular weight is 354 g/mol. The molecule has 0 unspecified atom stereocenters. The molecular formula is C19H23FN6. The molecule has 6 nitrogen and oxygen atoms in total. The van der Waals surface area contributed by atoms with E-state index in [9.17, 15) is 4.39 Å². The van der Waals surface area contributed by atoms with Gasteiger partial charge in [-0.1, -0.05) is 18.2 Å². The van der Waals surface area contributed by atoms with Crippen LogP contribution in [0.5, 0.6) is 0 Å². The summed E-state index contributed by atoms with van der Waals surface area (Å²) in [4.78, 5) is 17.3. The van der Waals surface area contributed by atoms with Gasteiger partial charge in [-0.05, 0) is 6.07 Å². The molecule has 26 heavy (non-hydrogen) atoms. The van der Waals surface area contributed by atoms with Gasteiger partial charge in [0.1, 0.15) is 0 Å². The third-order valence-electron chi connectivity index (χ3n) is 4.90. The lowest BCUT2D eigenvalue weighted by molar-refractivity contribution is 0.260. The zero-order chi connectivity index (χ0) is 17.8. The first-order valence-corrected chi connectivity index (χ1v) is 9.11. The number of fused-ring (bicyclic) bond motifs is 1. The fourth-order valence-corrected chi connectivity index (χ4v) is 3.48. The molecule has 1 N–H and O–H groups in total. The number of nitrogens with zero attached hydrogens (tertiary/aromatic N) is 5. The molecule has 0 radical (unpaired) electrons. The molecule has 2 aliphatic heterocycles. The number of nitrogens with one attached hydrogen (secondary N) is 1. The molecule has 4 rings (SSSR count). The summed E-state index contributed by atoms with van der Waals surface area (Å²) in [6.07, 6.45) is 3.43. The molecule has 1 aromatic carbocycles. The van der Waals surface area contributed by atoms with E-state index in [4.69, 9.17) is 0 Å². The zero-order valence-electron chi connectivity index (χ0n) is 14.7. The Morgan fingerprint density at radius 1 is 1.04 bits per heavy atom. The lowest BCUT2D eigenvalue weighted by Gasteiger charge is -2.34. The minimum absolute atomic E-state index is 0.395. The number of anilines is 1. The van der Waals surface area contributed by atoms with Crippen LogP contribution in [0.4, 0.5) is 10.3 Å². The summed E-state index contributed by atoms with van der Waals surface area (Å²) in [6, 6.07) is 8.32. The van der Waals surface area contributed by atoms with Crippen LogP contribution in [0.2, 0.25) is 0 Å². The Bertz CT molecular complexity index is 858. The number of benzene rings is 1. The fourth-order valence-electron chi connectivity index (χ4n) is 3.48. The van der Waals surface area contributed by atoms with Crippen molar-refractivity contribution in [1.82, 2.24) is 20.2 Å². The summed E-state index contributed by atoms with van der Waals surface area (Å²) in [6.45, 7) is 6.44. The first-order chi connectivity index (χ1) is 12.8. The molecule has 0 aliphatic carbocycles. The highest BCUT2D eigenvalue weighted by molar-refractivity contribution is 5.43. The molecule has 136 valence electrons. The van der Waals surface area contributed by atoms with Crippen molar-refractivity contribution in [2.24, 2.45) is 4.99 Å². The average Bonchev–Trinajstić information content (AvgIpc) is 2.69. The second-order valence-corrected chi connectivity index (χ2v) is 6.58. The summed E-state index contributed by atoms with van der Waals surface area (Å²) < 4.78 is 12.9. The van der Waals surface area contributed by atoms with Crippen LogP contribution < -0.4 is 20.8 Å². The van der Waals surface area contributed by atoms with E-state index in [1.165, 1.54) is 23.3 Å². The van der Waals surface area contributed by atoms with Gasteiger partial charge in [-0.3, -0.25) is 9.89 Å². The number of rotatable bonds is 5. The summed E-state index contributed by atoms with van der Waals surface area (Å²) in [5.74, 6) is 0.218. The van der Waals surface area contributed by atoms with Crippen molar-refractivity contribution in [1.29, 1.82) is 0 Å². The number of hydrogen-bond acceptors (Lipinski definition) is 6. The molecule has 7 heteroatoms. The van der Waals surface area contributed by atoms with E-state index in [0.29, 0.717) is 5.95 Å². The Kier molecular flexibility index (Phi) is 5.06. The van der Waals surface area contributed by atoms with Crippen molar-refractivity contribution in [2.75, 3.05) is 50.7 Å². The molecule has 0 saturated carbocycles. The van der Waals surface area contributed by atoms with Crippen molar-refractivity contribution < 1.29 is 4.39 Å². The Balaban J connectivity index is 1.28. The lowest BCUT2D eigenvalue weighted by atomic mass is 10.1. The molecule has 0 atom stereocenters. The molecule has 3 heterocycles. The van der Waals surface area contributed by atoms with Gasteiger partial charge < -0.3 is 10.2 Å². The van der Waals surface area contributed by atoms with Crippen LogP contribution in [-0.4, -0.2) is 60.7 Å². The van der Waals surface area contributed by atoms with Crippen LogP contribution in [0.25, 0.3) is 5.70 Å². The molecule has 1 aromatic heterocycles. The van der Waals surface area contributed by atoms with E-state index in [-0.39, 0.29) is 0 Å². The predicted octanol–water partition coefficient (Wildman–Crippen LogP) is 0.159. The van der Waals surface area contributed by atoms with Gasteiger partial charge in [-0.25, -0.2) is 14.4 Å². The van der Waals surface area contributed by atoms with E-state index >= 15 is 0 Å². The van der Waals surface area contributed by atoms with Gasteiger partial charge in [-0.15, -0.1) is 0 Å². The summed E-state index contributed by atoms with van der Waals surface area (Å²) in [5.41, 5.74) is 1.30. The van der Waals surface area contributed by atoms with E-state index in [0.717, 1.165) is 57.6 Å². The van der Waals surface area contributed by atoms with Crippen molar-refractivity contribution in [3.63, 3.8) is 0 Å². The van der Waals surface area contributed by atoms with Crippen LogP contribution in [-0.2, 0) is 0 Å². The quantitative estimate of drug-likeness (QED) is 0.829. The second-order valence-electron chi connectivity index (χ2n) is 6.58. The maximum atomic E-state index is 12.9. The van der Waals surface area contributed by atoms with Crippen LogP contribution >= 0.6 is 0 Å². The summed E-state index contributed by atoms with van der Waals surface area (Å²) >= 11 is 0. The molecule has 2 aliphatic rings. The Morgan fingerprint density at radius 2 is 1.81 bits per heavy atom. The summed E-state index contributed by atoms with van der Waals surface area (Å²) in [5, 5.41) is 5.93. The molecule has 0 bridgehead atoms. The third kappa shape index (κ3) is 3.83. The highest BCUT2D eigenvalue weighted by Crippen LogP contribution is 2.10. The number of para-hydroxylation sites is 1. The fraction of sp³-hybridized carbons (Fsp3) is 0.421. The first-order valence-electron chi connectivity index (χ1n) is 9.11. The van der Waals surface area contributed by atoms with Gasteiger partial charge in [0.25, 0.3) is 0 Å². The monoisotopic (exact) mass is 354 g/mol. The third-order valence-corrected chi connectivity index (χ3v) is 4.90. The van der Waals surface area contributed by atoms with E-state index in [2.05, 4.69) is 48.3 Å². The van der Waals surface area contributed by atoms with Crippen LogP contribution in [0.1, 0.15) is 6.42 Å². The molecule has 0 spiro atoms. The van der Waals surface area contributed by atoms with Gasteiger partial charge in [0.05, 0.1) is 17.8 Å². The van der Waals surface area contributed by atoms with Gasteiger partial charge in [0.2, 0.25) is 5.95 Å². The molecule has 2 aromatic rings. The largest absolute Gasteiger partial charge is 0.386 e. The van der Waals surface area contributed by atoms with Gasteiger partial charge in [-0.2, -0.15) is 0 Å². The lowest BCUT2D eigenvalue weighted by Crippen LogP contribution is -2.48. The summed E-state index contributed by atoms with van der Waals surface area (Å²) in [7, 11) is 0. The SMILES string of the molecule is Fc1cnc(N2CCN(CCNC3=c4ccccc4=NCC3)CC2)nc1. The molecule has 1 saturated heterocycles. The highest BCUT2D eigenvalue weighted by Gasteiger charge is 2.18. The van der Waals surface area contributed by atoms with E-state index < -0.39 is 5.82 Å². The maximum absolute atomic E-state index is 12.9. The standard InChI is InChI=1S/C19H23FN6/c20-15-13-23-19(24-14-15)26-11-9-25(10-12-26)8-7-22-18-5-6-21-17-4-2-1-3-16(17)18/h1-4,13-14,22H,5-12H2. The number of piperazine rings is 1. The Labute approximate surface area is 152 Å². The smallest absolute Gasteiger partial charge is 0.225 e. The first kappa shape index (κ1) is 16.9. The van der Waals surface area contributed by atoms with Gasteiger partial charge >= 0.3 is 0 Å². The minimum atomic E-state index is -0.395. The minimum Gasteiger partial charge on any atom is -0.386 e. The van der Waals surface area contributed by atoms with Crippen LogP contribution in [0, 0.1) is 5.82 Å². The van der Waals surface area contributed by atoms with Crippen molar-refractivity contribution >= 4 is 11.6 Å².